The zero-order valence-corrected chi connectivity index (χ0v) is 17.8. The van der Waals surface area contributed by atoms with E-state index in [9.17, 15) is 4.79 Å². The Hall–Kier alpha value is -2.89. The Balaban J connectivity index is 2.27. The SMILES string of the molecule is C=C(C(C([NH3+])=O)=C([NH3+])N(C)C(CC)CCC)c1ccc(Oc2ccccc2)cc1. The van der Waals surface area contributed by atoms with Gasteiger partial charge >= 0.3 is 5.91 Å². The highest BCUT2D eigenvalue weighted by Crippen LogP contribution is 2.27. The molecule has 0 saturated heterocycles. The van der Waals surface area contributed by atoms with Crippen LogP contribution in [0, 0.1) is 0 Å². The minimum atomic E-state index is -0.275. The van der Waals surface area contributed by atoms with Crippen LogP contribution in [0.15, 0.2) is 72.6 Å². The van der Waals surface area contributed by atoms with Gasteiger partial charge in [0.05, 0.1) is 0 Å². The number of benzene rings is 2. The normalized spacial score (nSPS) is 12.7. The van der Waals surface area contributed by atoms with Crippen molar-refractivity contribution in [2.75, 3.05) is 7.05 Å². The van der Waals surface area contributed by atoms with E-state index >= 15 is 0 Å². The fraction of sp³-hybridized carbons (Fsp3) is 0.292. The van der Waals surface area contributed by atoms with E-state index in [1.165, 1.54) is 0 Å². The van der Waals surface area contributed by atoms with Crippen LogP contribution in [-0.2, 0) is 4.79 Å². The predicted molar refractivity (Wildman–Crippen MR) is 117 cm³/mol. The molecule has 2 aromatic carbocycles. The molecule has 1 atom stereocenters. The maximum absolute atomic E-state index is 12.4. The first-order chi connectivity index (χ1) is 13.9. The van der Waals surface area contributed by atoms with E-state index in [2.05, 4.69) is 36.8 Å². The van der Waals surface area contributed by atoms with Crippen molar-refractivity contribution < 1.29 is 21.0 Å². The zero-order valence-electron chi connectivity index (χ0n) is 17.8. The van der Waals surface area contributed by atoms with E-state index in [-0.39, 0.29) is 5.91 Å². The van der Waals surface area contributed by atoms with Gasteiger partial charge < -0.3 is 15.4 Å². The Morgan fingerprint density at radius 2 is 1.62 bits per heavy atom. The molecule has 0 saturated carbocycles. The summed E-state index contributed by atoms with van der Waals surface area (Å²) >= 11 is 0. The number of carbonyl (C=O) groups excluding carboxylic acids is 1. The van der Waals surface area contributed by atoms with Gasteiger partial charge in [-0.15, -0.1) is 0 Å². The third kappa shape index (κ3) is 5.79. The van der Waals surface area contributed by atoms with Crippen LogP contribution in [0.5, 0.6) is 11.5 Å². The minimum Gasteiger partial charge on any atom is -0.457 e. The van der Waals surface area contributed by atoms with Gasteiger partial charge in [0.1, 0.15) is 11.5 Å². The summed E-state index contributed by atoms with van der Waals surface area (Å²) in [6.45, 7) is 8.48. The van der Waals surface area contributed by atoms with Gasteiger partial charge in [-0.1, -0.05) is 57.2 Å². The van der Waals surface area contributed by atoms with E-state index in [4.69, 9.17) is 4.74 Å². The van der Waals surface area contributed by atoms with Gasteiger partial charge in [0, 0.05) is 13.1 Å². The molecule has 0 bridgehead atoms. The lowest BCUT2D eigenvalue weighted by atomic mass is 9.97. The van der Waals surface area contributed by atoms with Crippen LogP contribution in [0.2, 0.25) is 0 Å². The zero-order chi connectivity index (χ0) is 21.4. The average Bonchev–Trinajstić information content (AvgIpc) is 2.72. The third-order valence-corrected chi connectivity index (χ3v) is 5.12. The van der Waals surface area contributed by atoms with Crippen molar-refractivity contribution in [1.29, 1.82) is 0 Å². The maximum Gasteiger partial charge on any atom is 0.349 e. The smallest absolute Gasteiger partial charge is 0.349 e. The molecule has 2 rings (SSSR count). The summed E-state index contributed by atoms with van der Waals surface area (Å²) in [6, 6.07) is 17.5. The molecule has 5 nitrogen and oxygen atoms in total. The fourth-order valence-corrected chi connectivity index (χ4v) is 3.40. The second-order valence-electron chi connectivity index (χ2n) is 7.12. The van der Waals surface area contributed by atoms with Gasteiger partial charge in [-0.05, 0) is 48.2 Å². The Labute approximate surface area is 173 Å². The topological polar surface area (TPSA) is 84.8 Å². The van der Waals surface area contributed by atoms with Crippen LogP contribution in [0.1, 0.15) is 38.7 Å². The monoisotopic (exact) mass is 395 g/mol. The van der Waals surface area contributed by atoms with Crippen molar-refractivity contribution in [3.63, 3.8) is 0 Å². The van der Waals surface area contributed by atoms with Gasteiger partial charge in [-0.25, -0.2) is 4.79 Å². The molecule has 0 aliphatic heterocycles. The van der Waals surface area contributed by atoms with Crippen LogP contribution in [-0.4, -0.2) is 23.9 Å². The largest absolute Gasteiger partial charge is 0.457 e. The Bertz CT molecular complexity index is 857. The van der Waals surface area contributed by atoms with Crippen LogP contribution in [0.4, 0.5) is 0 Å². The van der Waals surface area contributed by atoms with Gasteiger partial charge in [0.25, 0.3) is 0 Å². The minimum absolute atomic E-state index is 0.275. The first-order valence-corrected chi connectivity index (χ1v) is 10.1. The van der Waals surface area contributed by atoms with Crippen molar-refractivity contribution in [2.24, 2.45) is 0 Å². The molecule has 2 aromatic rings. The molecule has 5 heteroatoms. The molecule has 1 amide bonds. The van der Waals surface area contributed by atoms with Gasteiger partial charge in [-0.2, -0.15) is 0 Å². The lowest BCUT2D eigenvalue weighted by Gasteiger charge is -2.27. The lowest BCUT2D eigenvalue weighted by molar-refractivity contribution is -0.338. The molecule has 0 aliphatic rings. The van der Waals surface area contributed by atoms with Crippen LogP contribution in [0.3, 0.4) is 0 Å². The lowest BCUT2D eigenvalue weighted by Crippen LogP contribution is -2.63. The highest BCUT2D eigenvalue weighted by Gasteiger charge is 2.26. The number of quaternary nitrogens is 2. The molecule has 0 radical (unpaired) electrons. The average molecular weight is 396 g/mol. The van der Waals surface area contributed by atoms with Crippen molar-refractivity contribution in [3.05, 3.63) is 78.1 Å². The molecule has 0 heterocycles. The molecule has 29 heavy (non-hydrogen) atoms. The number of hydrogen-bond donors (Lipinski definition) is 2. The van der Waals surface area contributed by atoms with E-state index < -0.39 is 0 Å². The molecular weight excluding hydrogens is 362 g/mol. The molecule has 0 aromatic heterocycles. The summed E-state index contributed by atoms with van der Waals surface area (Å²) in [4.78, 5) is 14.4. The summed E-state index contributed by atoms with van der Waals surface area (Å²) in [5.74, 6) is 1.89. The summed E-state index contributed by atoms with van der Waals surface area (Å²) < 4.78 is 5.84. The maximum atomic E-state index is 12.4. The van der Waals surface area contributed by atoms with Crippen LogP contribution >= 0.6 is 0 Å². The Kier molecular flexibility index (Phi) is 8.19. The summed E-state index contributed by atoms with van der Waals surface area (Å²) in [6.07, 6.45) is 3.11. The highest BCUT2D eigenvalue weighted by molar-refractivity contribution is 6.04. The molecule has 0 fully saturated rings. The van der Waals surface area contributed by atoms with Crippen molar-refractivity contribution in [3.8, 4) is 11.5 Å². The van der Waals surface area contributed by atoms with E-state index in [0.717, 1.165) is 36.3 Å². The molecule has 1 unspecified atom stereocenters. The predicted octanol–water partition coefficient (Wildman–Crippen LogP) is 3.22. The van der Waals surface area contributed by atoms with Gasteiger partial charge in [0.2, 0.25) is 5.82 Å². The molecular formula is C24H33N3O2+2. The fourth-order valence-electron chi connectivity index (χ4n) is 3.40. The van der Waals surface area contributed by atoms with E-state index in [0.29, 0.717) is 23.0 Å². The van der Waals surface area contributed by atoms with Gasteiger partial charge in [0.15, 0.2) is 5.57 Å². The number of nitrogens with zero attached hydrogens (tertiary/aromatic N) is 1. The second-order valence-corrected chi connectivity index (χ2v) is 7.12. The van der Waals surface area contributed by atoms with Crippen molar-refractivity contribution >= 4 is 11.5 Å². The third-order valence-electron chi connectivity index (χ3n) is 5.12. The van der Waals surface area contributed by atoms with Gasteiger partial charge in [-0.3, -0.25) is 5.73 Å². The number of hydrogen-bond acceptors (Lipinski definition) is 3. The highest BCUT2D eigenvalue weighted by atomic mass is 16.5. The van der Waals surface area contributed by atoms with Crippen molar-refractivity contribution in [2.45, 2.75) is 39.2 Å². The van der Waals surface area contributed by atoms with Crippen molar-refractivity contribution in [1.82, 2.24) is 4.90 Å². The quantitative estimate of drug-likeness (QED) is 0.478. The molecule has 0 spiro atoms. The number of amides is 1. The first kappa shape index (κ1) is 22.4. The summed E-state index contributed by atoms with van der Waals surface area (Å²) in [5.41, 5.74) is 9.77. The number of para-hydroxylation sites is 1. The number of ether oxygens (including phenoxy) is 1. The Morgan fingerprint density at radius 3 is 2.14 bits per heavy atom. The van der Waals surface area contributed by atoms with Crippen LogP contribution < -0.4 is 16.2 Å². The standard InChI is InChI=1S/C24H31N3O2/c1-5-10-19(6-2)27(4)23(25)22(24(26)28)17(3)18-13-15-21(16-14-18)29-20-11-8-7-9-12-20/h7-9,11-16,19H,3,5-6,10,25H2,1-2,4H3,(H2,26,28)/p+2. The molecule has 154 valence electrons. The molecule has 6 N–H and O–H groups in total. The summed E-state index contributed by atoms with van der Waals surface area (Å²) in [5, 5.41) is 0. The number of carbonyl (C=O) groups is 1. The van der Waals surface area contributed by atoms with Crippen LogP contribution in [0.25, 0.3) is 5.57 Å². The van der Waals surface area contributed by atoms with E-state index in [1.807, 2.05) is 61.6 Å². The first-order valence-electron chi connectivity index (χ1n) is 10.1. The summed E-state index contributed by atoms with van der Waals surface area (Å²) in [7, 11) is 1.99. The number of rotatable bonds is 10. The molecule has 0 aliphatic carbocycles. The van der Waals surface area contributed by atoms with E-state index in [1.54, 1.807) is 0 Å². The second kappa shape index (κ2) is 10.6. The Morgan fingerprint density at radius 1 is 1.03 bits per heavy atom.